The molecule has 2 aromatic carbocycles. The Balaban J connectivity index is 1.62. The van der Waals surface area contributed by atoms with E-state index in [1.54, 1.807) is 37.4 Å². The molecule has 10 heteroatoms. The molecule has 0 spiro atoms. The molecule has 0 aliphatic heterocycles. The first kappa shape index (κ1) is 26.7. The zero-order valence-corrected chi connectivity index (χ0v) is 23.0. The third-order valence-electron chi connectivity index (χ3n) is 6.46. The van der Waals surface area contributed by atoms with Crippen LogP contribution in [0.5, 0.6) is 17.2 Å². The Labute approximate surface area is 222 Å². The van der Waals surface area contributed by atoms with Crippen LogP contribution in [0.25, 0.3) is 5.69 Å². The van der Waals surface area contributed by atoms with Crippen LogP contribution in [0.1, 0.15) is 54.7 Å². The second-order valence-electron chi connectivity index (χ2n) is 9.77. The van der Waals surface area contributed by atoms with Gasteiger partial charge in [0.15, 0.2) is 0 Å². The molecule has 1 aliphatic carbocycles. The molecule has 1 aliphatic rings. The smallest absolute Gasteiger partial charge is 0.364 e. The van der Waals surface area contributed by atoms with Gasteiger partial charge in [0.25, 0.3) is 5.56 Å². The van der Waals surface area contributed by atoms with E-state index in [9.17, 15) is 14.4 Å². The van der Waals surface area contributed by atoms with Crippen molar-refractivity contribution in [2.24, 2.45) is 11.8 Å². The number of aromatic nitrogens is 3. The van der Waals surface area contributed by atoms with Gasteiger partial charge in [0, 0.05) is 0 Å². The number of esters is 1. The second kappa shape index (κ2) is 10.9. The first-order chi connectivity index (χ1) is 17.5. The molecule has 0 radical (unpaired) electrons. The van der Waals surface area contributed by atoms with E-state index in [1.807, 2.05) is 13.8 Å². The lowest BCUT2D eigenvalue weighted by molar-refractivity contribution is 0.00702. The lowest BCUT2D eigenvalue weighted by atomic mass is 9.82. The van der Waals surface area contributed by atoms with Crippen molar-refractivity contribution in [1.29, 1.82) is 0 Å². The molecule has 4 rings (SSSR count). The number of hydrogen-bond acceptors (Lipinski definition) is 7. The molecule has 1 N–H and O–H groups in total. The van der Waals surface area contributed by atoms with Crippen LogP contribution in [0.3, 0.4) is 0 Å². The summed E-state index contributed by atoms with van der Waals surface area (Å²) in [6.07, 6.45) is 2.26. The number of carbonyl (C=O) groups excluding carboxylic acids is 1. The van der Waals surface area contributed by atoms with Gasteiger partial charge in [-0.05, 0) is 102 Å². The van der Waals surface area contributed by atoms with Gasteiger partial charge in [-0.3, -0.25) is 9.78 Å². The highest BCUT2D eigenvalue weighted by Crippen LogP contribution is 2.35. The van der Waals surface area contributed by atoms with Gasteiger partial charge in [-0.2, -0.15) is 9.78 Å². The number of H-pyrrole nitrogens is 1. The molecular weight excluding hydrogens is 542 g/mol. The summed E-state index contributed by atoms with van der Waals surface area (Å²) in [5, 5.41) is 4.10. The fourth-order valence-electron chi connectivity index (χ4n) is 4.92. The zero-order chi connectivity index (χ0) is 26.9. The molecule has 9 nitrogen and oxygen atoms in total. The van der Waals surface area contributed by atoms with Crippen molar-refractivity contribution in [3.63, 3.8) is 0 Å². The SMILES string of the molecule is COc1ccc(Oc2c(C)cc(-n3nc(C(=O)OC4CC(C)CC(C)C4)c(=O)[nH]c3=O)cc2C)cc1Br. The van der Waals surface area contributed by atoms with E-state index in [1.165, 1.54) is 0 Å². The number of carbonyl (C=O) groups is 1. The Morgan fingerprint density at radius 2 is 1.70 bits per heavy atom. The van der Waals surface area contributed by atoms with Crippen LogP contribution in [-0.4, -0.2) is 33.9 Å². The van der Waals surface area contributed by atoms with E-state index >= 15 is 0 Å². The average Bonchev–Trinajstić information content (AvgIpc) is 2.80. The van der Waals surface area contributed by atoms with Crippen molar-refractivity contribution in [3.05, 3.63) is 72.5 Å². The van der Waals surface area contributed by atoms with Crippen molar-refractivity contribution in [1.82, 2.24) is 14.8 Å². The summed E-state index contributed by atoms with van der Waals surface area (Å²) in [5.41, 5.74) is -0.236. The first-order valence-corrected chi connectivity index (χ1v) is 12.9. The Kier molecular flexibility index (Phi) is 7.87. The Morgan fingerprint density at radius 1 is 1.05 bits per heavy atom. The highest BCUT2D eigenvalue weighted by Gasteiger charge is 2.29. The van der Waals surface area contributed by atoms with E-state index in [4.69, 9.17) is 14.2 Å². The summed E-state index contributed by atoms with van der Waals surface area (Å²) in [5.74, 6) is 1.90. The van der Waals surface area contributed by atoms with Gasteiger partial charge in [-0.1, -0.05) is 13.8 Å². The van der Waals surface area contributed by atoms with Crippen LogP contribution < -0.4 is 20.7 Å². The lowest BCUT2D eigenvalue weighted by Gasteiger charge is -2.30. The molecule has 1 aromatic heterocycles. The number of nitrogens with one attached hydrogen (secondary N) is 1. The standard InChI is InChI=1S/C27H30BrN3O6/c1-14-8-15(2)10-20(9-14)37-26(33)23-25(32)29-27(34)31(30-23)18-11-16(3)24(17(4)12-18)36-19-6-7-22(35-5)21(28)13-19/h6-7,11-15,20H,8-10H2,1-5H3,(H,29,32,34). The third-order valence-corrected chi connectivity index (χ3v) is 7.08. The Morgan fingerprint density at radius 3 is 2.30 bits per heavy atom. The monoisotopic (exact) mass is 571 g/mol. The highest BCUT2D eigenvalue weighted by atomic mass is 79.9. The summed E-state index contributed by atoms with van der Waals surface area (Å²) in [6.45, 7) is 7.91. The zero-order valence-electron chi connectivity index (χ0n) is 21.5. The lowest BCUT2D eigenvalue weighted by Crippen LogP contribution is -2.37. The molecule has 1 saturated carbocycles. The van der Waals surface area contributed by atoms with E-state index < -0.39 is 22.9 Å². The van der Waals surface area contributed by atoms with Gasteiger partial charge in [-0.25, -0.2) is 9.59 Å². The number of nitrogens with zero attached hydrogens (tertiary/aromatic N) is 2. The Bertz CT molecular complexity index is 1410. The maximum atomic E-state index is 12.9. The van der Waals surface area contributed by atoms with Crippen molar-refractivity contribution < 1.29 is 19.0 Å². The quantitative estimate of drug-likeness (QED) is 0.410. The summed E-state index contributed by atoms with van der Waals surface area (Å²) in [7, 11) is 1.59. The molecule has 3 aromatic rings. The van der Waals surface area contributed by atoms with Gasteiger partial charge in [0.05, 0.1) is 17.3 Å². The topological polar surface area (TPSA) is 113 Å². The van der Waals surface area contributed by atoms with E-state index in [0.717, 1.165) is 39.5 Å². The van der Waals surface area contributed by atoms with Crippen LogP contribution in [0.15, 0.2) is 44.4 Å². The predicted molar refractivity (Wildman–Crippen MR) is 142 cm³/mol. The molecule has 1 fully saturated rings. The molecule has 1 heterocycles. The highest BCUT2D eigenvalue weighted by molar-refractivity contribution is 9.10. The predicted octanol–water partition coefficient (Wildman–Crippen LogP) is 5.08. The van der Waals surface area contributed by atoms with Gasteiger partial charge < -0.3 is 14.2 Å². The van der Waals surface area contributed by atoms with Gasteiger partial charge >= 0.3 is 11.7 Å². The maximum absolute atomic E-state index is 12.9. The van der Waals surface area contributed by atoms with Crippen molar-refractivity contribution >= 4 is 21.9 Å². The van der Waals surface area contributed by atoms with Crippen LogP contribution in [0.2, 0.25) is 0 Å². The summed E-state index contributed by atoms with van der Waals surface area (Å²) < 4.78 is 18.7. The number of aryl methyl sites for hydroxylation is 2. The molecular formula is C27H30BrN3O6. The van der Waals surface area contributed by atoms with Crippen molar-refractivity contribution in [2.75, 3.05) is 7.11 Å². The Hall–Kier alpha value is -3.40. The minimum atomic E-state index is -0.873. The van der Waals surface area contributed by atoms with Crippen LogP contribution in [0.4, 0.5) is 0 Å². The van der Waals surface area contributed by atoms with Crippen LogP contribution >= 0.6 is 15.9 Å². The number of benzene rings is 2. The summed E-state index contributed by atoms with van der Waals surface area (Å²) in [4.78, 5) is 40.1. The molecule has 0 amide bonds. The molecule has 37 heavy (non-hydrogen) atoms. The van der Waals surface area contributed by atoms with Crippen molar-refractivity contribution in [2.45, 2.75) is 53.1 Å². The van der Waals surface area contributed by atoms with Crippen molar-refractivity contribution in [3.8, 4) is 22.9 Å². The normalized spacial score (nSPS) is 19.4. The number of methoxy groups -OCH3 is 1. The fraction of sp³-hybridized carbons (Fsp3) is 0.407. The van der Waals surface area contributed by atoms with E-state index in [2.05, 4.69) is 39.9 Å². The number of halogens is 1. The minimum Gasteiger partial charge on any atom is -0.496 e. The number of hydrogen-bond donors (Lipinski definition) is 1. The third kappa shape index (κ3) is 5.95. The van der Waals surface area contributed by atoms with Crippen LogP contribution in [-0.2, 0) is 4.74 Å². The van der Waals surface area contributed by atoms with Crippen LogP contribution in [0, 0.1) is 25.7 Å². The second-order valence-corrected chi connectivity index (χ2v) is 10.6. The number of ether oxygens (including phenoxy) is 3. The maximum Gasteiger partial charge on any atom is 0.364 e. The molecule has 2 unspecified atom stereocenters. The molecule has 2 atom stereocenters. The minimum absolute atomic E-state index is 0.285. The molecule has 196 valence electrons. The van der Waals surface area contributed by atoms with Gasteiger partial charge in [0.1, 0.15) is 23.4 Å². The van der Waals surface area contributed by atoms with Gasteiger partial charge in [-0.15, -0.1) is 0 Å². The van der Waals surface area contributed by atoms with Gasteiger partial charge in [0.2, 0.25) is 5.69 Å². The largest absolute Gasteiger partial charge is 0.496 e. The number of aromatic amines is 1. The van der Waals surface area contributed by atoms with E-state index in [0.29, 0.717) is 34.8 Å². The van der Waals surface area contributed by atoms with E-state index in [-0.39, 0.29) is 6.10 Å². The molecule has 0 saturated heterocycles. The average molecular weight is 572 g/mol. The first-order valence-electron chi connectivity index (χ1n) is 12.1. The summed E-state index contributed by atoms with van der Waals surface area (Å²) in [6, 6.07) is 8.78. The molecule has 0 bridgehead atoms. The fourth-order valence-corrected chi connectivity index (χ4v) is 5.44. The number of rotatable bonds is 6. The summed E-state index contributed by atoms with van der Waals surface area (Å²) >= 11 is 3.45.